The summed E-state index contributed by atoms with van der Waals surface area (Å²) in [6, 6.07) is 10.4. The van der Waals surface area contributed by atoms with Crippen LogP contribution in [0.4, 0.5) is 17.3 Å². The molecule has 2 heterocycles. The Balaban J connectivity index is 2.24. The van der Waals surface area contributed by atoms with E-state index in [-0.39, 0.29) is 0 Å². The van der Waals surface area contributed by atoms with E-state index in [1.165, 1.54) is 10.9 Å². The summed E-state index contributed by atoms with van der Waals surface area (Å²) >= 11 is 0. The smallest absolute Gasteiger partial charge is 0.152 e. The van der Waals surface area contributed by atoms with Crippen LogP contribution < -0.4 is 16.4 Å². The third-order valence-electron chi connectivity index (χ3n) is 3.59. The summed E-state index contributed by atoms with van der Waals surface area (Å²) in [5.74, 6) is 1.23. The SMILES string of the molecule is CNc1nc(N)cc(-c2cc3ccc(C)cc3[nH]2)c1NC. The van der Waals surface area contributed by atoms with Crippen LogP contribution in [0.3, 0.4) is 0 Å². The number of aryl methyl sites for hydroxylation is 1. The number of pyridine rings is 1. The van der Waals surface area contributed by atoms with Crippen LogP contribution in [0.1, 0.15) is 5.56 Å². The van der Waals surface area contributed by atoms with Crippen LogP contribution >= 0.6 is 0 Å². The maximum atomic E-state index is 5.92. The number of nitrogen functional groups attached to an aromatic ring is 1. The van der Waals surface area contributed by atoms with Gasteiger partial charge in [0.25, 0.3) is 0 Å². The second-order valence-electron chi connectivity index (χ2n) is 5.09. The van der Waals surface area contributed by atoms with Crippen molar-refractivity contribution in [2.24, 2.45) is 0 Å². The molecule has 0 radical (unpaired) electrons. The topological polar surface area (TPSA) is 78.8 Å². The molecule has 0 saturated carbocycles. The maximum Gasteiger partial charge on any atom is 0.152 e. The zero-order valence-corrected chi connectivity index (χ0v) is 12.4. The van der Waals surface area contributed by atoms with Gasteiger partial charge in [-0.1, -0.05) is 12.1 Å². The molecule has 0 aliphatic rings. The highest BCUT2D eigenvalue weighted by Crippen LogP contribution is 2.35. The molecule has 108 valence electrons. The number of hydrogen-bond acceptors (Lipinski definition) is 4. The Labute approximate surface area is 123 Å². The van der Waals surface area contributed by atoms with Crippen LogP contribution in [0.2, 0.25) is 0 Å². The third-order valence-corrected chi connectivity index (χ3v) is 3.59. The highest BCUT2D eigenvalue weighted by Gasteiger charge is 2.13. The lowest BCUT2D eigenvalue weighted by Gasteiger charge is -2.13. The van der Waals surface area contributed by atoms with Gasteiger partial charge in [-0.05, 0) is 30.7 Å². The van der Waals surface area contributed by atoms with Crippen LogP contribution in [0.5, 0.6) is 0 Å². The molecule has 5 nitrogen and oxygen atoms in total. The van der Waals surface area contributed by atoms with Gasteiger partial charge < -0.3 is 21.4 Å². The zero-order valence-electron chi connectivity index (χ0n) is 12.4. The van der Waals surface area contributed by atoms with Gasteiger partial charge in [-0.15, -0.1) is 0 Å². The van der Waals surface area contributed by atoms with Crippen molar-refractivity contribution in [3.05, 3.63) is 35.9 Å². The van der Waals surface area contributed by atoms with Gasteiger partial charge in [-0.3, -0.25) is 0 Å². The molecule has 3 rings (SSSR count). The van der Waals surface area contributed by atoms with Crippen molar-refractivity contribution in [3.8, 4) is 11.3 Å². The molecule has 0 fully saturated rings. The molecule has 1 aromatic carbocycles. The van der Waals surface area contributed by atoms with Crippen molar-refractivity contribution in [2.45, 2.75) is 6.92 Å². The number of aromatic amines is 1. The lowest BCUT2D eigenvalue weighted by atomic mass is 10.1. The minimum atomic E-state index is 0.489. The summed E-state index contributed by atoms with van der Waals surface area (Å²) in [7, 11) is 3.71. The van der Waals surface area contributed by atoms with Crippen LogP contribution in [0.15, 0.2) is 30.3 Å². The van der Waals surface area contributed by atoms with Crippen molar-refractivity contribution in [3.63, 3.8) is 0 Å². The van der Waals surface area contributed by atoms with Crippen molar-refractivity contribution in [1.82, 2.24) is 9.97 Å². The fourth-order valence-electron chi connectivity index (χ4n) is 2.60. The number of nitrogens with two attached hydrogens (primary N) is 1. The fraction of sp³-hybridized carbons (Fsp3) is 0.188. The molecule has 0 atom stereocenters. The highest BCUT2D eigenvalue weighted by molar-refractivity contribution is 5.92. The van der Waals surface area contributed by atoms with E-state index in [0.717, 1.165) is 28.3 Å². The van der Waals surface area contributed by atoms with Gasteiger partial charge >= 0.3 is 0 Å². The first-order valence-electron chi connectivity index (χ1n) is 6.88. The Morgan fingerprint density at radius 3 is 2.62 bits per heavy atom. The number of nitrogens with one attached hydrogen (secondary N) is 3. The van der Waals surface area contributed by atoms with E-state index in [1.54, 1.807) is 0 Å². The van der Waals surface area contributed by atoms with Gasteiger partial charge in [0.2, 0.25) is 0 Å². The molecular weight excluding hydrogens is 262 g/mol. The van der Waals surface area contributed by atoms with Crippen molar-refractivity contribution >= 4 is 28.2 Å². The lowest BCUT2D eigenvalue weighted by molar-refractivity contribution is 1.27. The number of rotatable bonds is 3. The Morgan fingerprint density at radius 2 is 1.90 bits per heavy atom. The molecule has 0 aliphatic carbocycles. The lowest BCUT2D eigenvalue weighted by Crippen LogP contribution is -2.04. The summed E-state index contributed by atoms with van der Waals surface area (Å²) in [6.45, 7) is 2.09. The molecule has 0 saturated heterocycles. The molecule has 0 spiro atoms. The van der Waals surface area contributed by atoms with Crippen LogP contribution in [0.25, 0.3) is 22.2 Å². The van der Waals surface area contributed by atoms with Crippen LogP contribution in [-0.4, -0.2) is 24.1 Å². The molecule has 21 heavy (non-hydrogen) atoms. The fourth-order valence-corrected chi connectivity index (χ4v) is 2.60. The Kier molecular flexibility index (Phi) is 3.17. The summed E-state index contributed by atoms with van der Waals surface area (Å²) in [4.78, 5) is 7.76. The first kappa shape index (κ1) is 13.3. The molecule has 2 aromatic heterocycles. The van der Waals surface area contributed by atoms with E-state index in [2.05, 4.69) is 51.8 Å². The minimum Gasteiger partial charge on any atom is -0.385 e. The first-order chi connectivity index (χ1) is 10.1. The van der Waals surface area contributed by atoms with E-state index in [4.69, 9.17) is 5.73 Å². The number of hydrogen-bond donors (Lipinski definition) is 4. The van der Waals surface area contributed by atoms with Gasteiger partial charge in [0.1, 0.15) is 5.82 Å². The van der Waals surface area contributed by atoms with Gasteiger partial charge in [0.15, 0.2) is 5.82 Å². The van der Waals surface area contributed by atoms with Gasteiger partial charge in [-0.25, -0.2) is 4.98 Å². The molecule has 5 N–H and O–H groups in total. The standard InChI is InChI=1S/C16H19N5/c1-9-4-5-10-7-13(20-12(10)6-9)11-8-14(17)21-16(19-3)15(11)18-2/h4-8,18,20H,1-3H3,(H3,17,19,21). The quantitative estimate of drug-likeness (QED) is 0.594. The van der Waals surface area contributed by atoms with Gasteiger partial charge in [-0.2, -0.15) is 0 Å². The normalized spacial score (nSPS) is 10.8. The molecule has 0 aliphatic heterocycles. The first-order valence-corrected chi connectivity index (χ1v) is 6.88. The van der Waals surface area contributed by atoms with E-state index < -0.39 is 0 Å². The number of anilines is 3. The van der Waals surface area contributed by atoms with Gasteiger partial charge in [0.05, 0.1) is 5.69 Å². The molecule has 0 amide bonds. The van der Waals surface area contributed by atoms with E-state index in [0.29, 0.717) is 5.82 Å². The molecular formula is C16H19N5. The van der Waals surface area contributed by atoms with Crippen molar-refractivity contribution in [1.29, 1.82) is 0 Å². The number of H-pyrrole nitrogens is 1. The Bertz CT molecular complexity index is 804. The molecule has 0 bridgehead atoms. The number of nitrogens with zero attached hydrogens (tertiary/aromatic N) is 1. The highest BCUT2D eigenvalue weighted by atomic mass is 15.0. The monoisotopic (exact) mass is 281 g/mol. The largest absolute Gasteiger partial charge is 0.385 e. The maximum absolute atomic E-state index is 5.92. The summed E-state index contributed by atoms with van der Waals surface area (Å²) < 4.78 is 0. The summed E-state index contributed by atoms with van der Waals surface area (Å²) in [5, 5.41) is 7.45. The van der Waals surface area contributed by atoms with Crippen LogP contribution in [0, 0.1) is 6.92 Å². The zero-order chi connectivity index (χ0) is 15.0. The van der Waals surface area contributed by atoms with Gasteiger partial charge in [0, 0.05) is 36.3 Å². The molecule has 5 heteroatoms. The van der Waals surface area contributed by atoms with Crippen LogP contribution in [-0.2, 0) is 0 Å². The Morgan fingerprint density at radius 1 is 1.10 bits per heavy atom. The average Bonchev–Trinajstić information content (AvgIpc) is 2.89. The van der Waals surface area contributed by atoms with E-state index >= 15 is 0 Å². The summed E-state index contributed by atoms with van der Waals surface area (Å²) in [5.41, 5.74) is 11.2. The Hall–Kier alpha value is -2.69. The number of aromatic nitrogens is 2. The number of benzene rings is 1. The minimum absolute atomic E-state index is 0.489. The summed E-state index contributed by atoms with van der Waals surface area (Å²) in [6.07, 6.45) is 0. The molecule has 3 aromatic rings. The molecule has 0 unspecified atom stereocenters. The second-order valence-corrected chi connectivity index (χ2v) is 5.09. The predicted molar refractivity (Wildman–Crippen MR) is 89.8 cm³/mol. The number of fused-ring (bicyclic) bond motifs is 1. The predicted octanol–water partition coefficient (Wildman–Crippen LogP) is 3.20. The third kappa shape index (κ3) is 2.27. The van der Waals surface area contributed by atoms with E-state index in [1.807, 2.05) is 20.2 Å². The average molecular weight is 281 g/mol. The van der Waals surface area contributed by atoms with Crippen molar-refractivity contribution in [2.75, 3.05) is 30.5 Å². The second kappa shape index (κ2) is 5.01. The van der Waals surface area contributed by atoms with Crippen molar-refractivity contribution < 1.29 is 0 Å². The van der Waals surface area contributed by atoms with E-state index in [9.17, 15) is 0 Å².